The maximum absolute atomic E-state index is 12.2. The van der Waals surface area contributed by atoms with Crippen LogP contribution in [0.25, 0.3) is 0 Å². The standard InChI is InChI=1S/C18H21BrN2O/c1-13-8-14(2)10-17(9-13)20-18(22)12-21(3)11-15-4-6-16(19)7-5-15/h4-10H,11-12H2,1-3H3,(H,20,22)/p+1. The minimum Gasteiger partial charge on any atom is -0.326 e. The summed E-state index contributed by atoms with van der Waals surface area (Å²) in [5.41, 5.74) is 4.41. The number of anilines is 1. The van der Waals surface area contributed by atoms with Crippen LogP contribution in [0.2, 0.25) is 0 Å². The lowest BCUT2D eigenvalue weighted by molar-refractivity contribution is -0.885. The number of likely N-dealkylation sites (N-methyl/N-ethyl adjacent to an activating group) is 1. The summed E-state index contributed by atoms with van der Waals surface area (Å²) in [7, 11) is 2.03. The second-order valence-corrected chi connectivity index (χ2v) is 6.78. The fourth-order valence-electron chi connectivity index (χ4n) is 2.54. The number of carbonyl (C=O) groups is 1. The van der Waals surface area contributed by atoms with Gasteiger partial charge in [0.1, 0.15) is 6.54 Å². The Balaban J connectivity index is 1.89. The molecule has 2 aromatic carbocycles. The molecule has 0 spiro atoms. The number of nitrogens with one attached hydrogen (secondary N) is 2. The number of carbonyl (C=O) groups excluding carboxylic acids is 1. The maximum atomic E-state index is 12.2. The predicted octanol–water partition coefficient (Wildman–Crippen LogP) is 2.72. The lowest BCUT2D eigenvalue weighted by Crippen LogP contribution is -3.08. The highest BCUT2D eigenvalue weighted by Gasteiger charge is 2.11. The number of hydrogen-bond acceptors (Lipinski definition) is 1. The average molecular weight is 362 g/mol. The van der Waals surface area contributed by atoms with Gasteiger partial charge in [-0.1, -0.05) is 34.1 Å². The van der Waals surface area contributed by atoms with Gasteiger partial charge < -0.3 is 10.2 Å². The molecule has 0 heterocycles. The van der Waals surface area contributed by atoms with Crippen molar-refractivity contribution in [3.63, 3.8) is 0 Å². The van der Waals surface area contributed by atoms with E-state index in [2.05, 4.69) is 39.4 Å². The first-order chi connectivity index (χ1) is 10.4. The summed E-state index contributed by atoms with van der Waals surface area (Å²) >= 11 is 3.43. The number of quaternary nitrogens is 1. The molecule has 22 heavy (non-hydrogen) atoms. The summed E-state index contributed by atoms with van der Waals surface area (Å²) in [6.07, 6.45) is 0. The number of amides is 1. The zero-order chi connectivity index (χ0) is 16.1. The Labute approximate surface area is 140 Å². The van der Waals surface area contributed by atoms with E-state index in [1.54, 1.807) is 0 Å². The minimum absolute atomic E-state index is 0.0413. The van der Waals surface area contributed by atoms with E-state index < -0.39 is 0 Å². The topological polar surface area (TPSA) is 33.5 Å². The quantitative estimate of drug-likeness (QED) is 0.843. The smallest absolute Gasteiger partial charge is 0.279 e. The largest absolute Gasteiger partial charge is 0.326 e. The molecule has 0 saturated heterocycles. The van der Waals surface area contributed by atoms with Crippen LogP contribution < -0.4 is 10.2 Å². The van der Waals surface area contributed by atoms with Crippen LogP contribution in [-0.4, -0.2) is 19.5 Å². The van der Waals surface area contributed by atoms with Crippen LogP contribution in [0.15, 0.2) is 46.9 Å². The fourth-order valence-corrected chi connectivity index (χ4v) is 2.80. The van der Waals surface area contributed by atoms with Crippen molar-refractivity contribution >= 4 is 27.5 Å². The molecule has 0 fully saturated rings. The molecule has 2 rings (SSSR count). The van der Waals surface area contributed by atoms with Crippen LogP contribution in [-0.2, 0) is 11.3 Å². The molecular formula is C18H22BrN2O+. The summed E-state index contributed by atoms with van der Waals surface area (Å²) in [6, 6.07) is 14.3. The third-order valence-electron chi connectivity index (χ3n) is 3.39. The first-order valence-corrected chi connectivity index (χ1v) is 8.15. The third kappa shape index (κ3) is 5.28. The molecule has 0 radical (unpaired) electrons. The second kappa shape index (κ2) is 7.56. The van der Waals surface area contributed by atoms with Gasteiger partial charge in [0.05, 0.1) is 7.05 Å². The van der Waals surface area contributed by atoms with E-state index in [0.717, 1.165) is 32.7 Å². The van der Waals surface area contributed by atoms with E-state index in [4.69, 9.17) is 0 Å². The van der Waals surface area contributed by atoms with Gasteiger partial charge in [-0.25, -0.2) is 0 Å². The van der Waals surface area contributed by atoms with E-state index in [-0.39, 0.29) is 5.91 Å². The van der Waals surface area contributed by atoms with Crippen LogP contribution in [0, 0.1) is 13.8 Å². The molecule has 4 heteroatoms. The first-order valence-electron chi connectivity index (χ1n) is 7.36. The van der Waals surface area contributed by atoms with Gasteiger partial charge in [-0.3, -0.25) is 4.79 Å². The average Bonchev–Trinajstić information content (AvgIpc) is 2.39. The van der Waals surface area contributed by atoms with Crippen molar-refractivity contribution in [3.8, 4) is 0 Å². The van der Waals surface area contributed by atoms with Crippen LogP contribution in [0.1, 0.15) is 16.7 Å². The Morgan fingerprint density at radius 2 is 1.68 bits per heavy atom. The monoisotopic (exact) mass is 361 g/mol. The van der Waals surface area contributed by atoms with Crippen LogP contribution in [0.5, 0.6) is 0 Å². The van der Waals surface area contributed by atoms with E-state index in [1.807, 2.05) is 45.2 Å². The van der Waals surface area contributed by atoms with Crippen molar-refractivity contribution in [2.24, 2.45) is 0 Å². The van der Waals surface area contributed by atoms with E-state index in [1.165, 1.54) is 5.56 Å². The van der Waals surface area contributed by atoms with E-state index in [0.29, 0.717) is 6.54 Å². The lowest BCUT2D eigenvalue weighted by Gasteiger charge is -2.14. The zero-order valence-electron chi connectivity index (χ0n) is 13.2. The molecule has 0 aliphatic heterocycles. The highest BCUT2D eigenvalue weighted by atomic mass is 79.9. The van der Waals surface area contributed by atoms with Crippen LogP contribution in [0.3, 0.4) is 0 Å². The first kappa shape index (κ1) is 16.7. The Morgan fingerprint density at radius 3 is 2.27 bits per heavy atom. The molecule has 3 nitrogen and oxygen atoms in total. The van der Waals surface area contributed by atoms with Crippen LogP contribution >= 0.6 is 15.9 Å². The predicted molar refractivity (Wildman–Crippen MR) is 94.1 cm³/mol. The van der Waals surface area contributed by atoms with Crippen molar-refractivity contribution in [1.29, 1.82) is 0 Å². The van der Waals surface area contributed by atoms with Gasteiger partial charge >= 0.3 is 0 Å². The summed E-state index contributed by atoms with van der Waals surface area (Å²) < 4.78 is 1.07. The zero-order valence-corrected chi connectivity index (χ0v) is 14.8. The number of hydrogen-bond donors (Lipinski definition) is 2. The number of halogens is 1. The molecule has 116 valence electrons. The highest BCUT2D eigenvalue weighted by Crippen LogP contribution is 2.13. The van der Waals surface area contributed by atoms with Crippen molar-refractivity contribution in [2.45, 2.75) is 20.4 Å². The van der Waals surface area contributed by atoms with Gasteiger partial charge in [0, 0.05) is 15.7 Å². The fraction of sp³-hybridized carbons (Fsp3) is 0.278. The number of rotatable bonds is 5. The van der Waals surface area contributed by atoms with E-state index in [9.17, 15) is 4.79 Å². The summed E-state index contributed by atoms with van der Waals surface area (Å²) in [5.74, 6) is 0.0413. The number of benzene rings is 2. The maximum Gasteiger partial charge on any atom is 0.279 e. The minimum atomic E-state index is 0.0413. The van der Waals surface area contributed by atoms with E-state index >= 15 is 0 Å². The van der Waals surface area contributed by atoms with Crippen molar-refractivity contribution < 1.29 is 9.69 Å². The molecule has 2 aromatic rings. The Bertz CT molecular complexity index is 632. The Hall–Kier alpha value is -1.65. The Kier molecular flexibility index (Phi) is 5.75. The lowest BCUT2D eigenvalue weighted by atomic mass is 10.1. The Morgan fingerprint density at radius 1 is 1.09 bits per heavy atom. The molecule has 1 atom stereocenters. The molecule has 0 aromatic heterocycles. The second-order valence-electron chi connectivity index (χ2n) is 5.86. The van der Waals surface area contributed by atoms with Gasteiger partial charge in [0.25, 0.3) is 5.91 Å². The SMILES string of the molecule is Cc1cc(C)cc(NC(=O)C[NH+](C)Cc2ccc(Br)cc2)c1. The third-order valence-corrected chi connectivity index (χ3v) is 3.92. The molecule has 1 amide bonds. The van der Waals surface area contributed by atoms with Crippen molar-refractivity contribution in [3.05, 3.63) is 63.6 Å². The van der Waals surface area contributed by atoms with Gasteiger partial charge in [-0.05, 0) is 49.2 Å². The summed E-state index contributed by atoms with van der Waals surface area (Å²) in [6.45, 7) is 5.34. The summed E-state index contributed by atoms with van der Waals surface area (Å²) in [5, 5.41) is 2.98. The molecule has 0 aliphatic carbocycles. The van der Waals surface area contributed by atoms with Gasteiger partial charge in [0.15, 0.2) is 6.54 Å². The normalized spacial score (nSPS) is 12.0. The highest BCUT2D eigenvalue weighted by molar-refractivity contribution is 9.10. The van der Waals surface area contributed by atoms with Gasteiger partial charge in [-0.15, -0.1) is 0 Å². The molecule has 1 unspecified atom stereocenters. The van der Waals surface area contributed by atoms with Gasteiger partial charge in [0.2, 0.25) is 0 Å². The summed E-state index contributed by atoms with van der Waals surface area (Å²) in [4.78, 5) is 13.3. The number of aryl methyl sites for hydroxylation is 2. The van der Waals surface area contributed by atoms with Gasteiger partial charge in [-0.2, -0.15) is 0 Å². The van der Waals surface area contributed by atoms with Crippen molar-refractivity contribution in [1.82, 2.24) is 0 Å². The molecule has 2 N–H and O–H groups in total. The van der Waals surface area contributed by atoms with Crippen LogP contribution in [0.4, 0.5) is 5.69 Å². The molecule has 0 aliphatic rings. The molecular weight excluding hydrogens is 340 g/mol. The molecule has 0 bridgehead atoms. The molecule has 0 saturated carbocycles. The van der Waals surface area contributed by atoms with Crippen molar-refractivity contribution in [2.75, 3.05) is 18.9 Å².